The van der Waals surface area contributed by atoms with Crippen molar-refractivity contribution >= 4 is 9.36 Å². The number of hydrogen-bond donors (Lipinski definition) is 3. The van der Waals surface area contributed by atoms with Gasteiger partial charge in [0, 0.05) is 13.2 Å². The van der Waals surface area contributed by atoms with Gasteiger partial charge >= 0.3 is 9.36 Å². The maximum Gasteiger partial charge on any atom is 0.335 e. The first-order valence-electron chi connectivity index (χ1n) is 7.14. The van der Waals surface area contributed by atoms with Crippen LogP contribution in [0.15, 0.2) is 0 Å². The fourth-order valence-electron chi connectivity index (χ4n) is 1.44. The second-order valence-electron chi connectivity index (χ2n) is 4.22. The molecule has 5 heteroatoms. The standard InChI is InChI=1S/C12H31N3OSi/c1-4-7-9-14-17(15-10-8-5-2)16-12-11-13-6-3/h13-15,17H,4-12H2,1-3H3. The van der Waals surface area contributed by atoms with E-state index >= 15 is 0 Å². The van der Waals surface area contributed by atoms with E-state index < -0.39 is 9.36 Å². The molecule has 104 valence electrons. The summed E-state index contributed by atoms with van der Waals surface area (Å²) in [5, 5.41) is 3.28. The molecule has 0 amide bonds. The molecule has 0 radical (unpaired) electrons. The molecule has 0 saturated carbocycles. The van der Waals surface area contributed by atoms with E-state index in [0.29, 0.717) is 0 Å². The third kappa shape index (κ3) is 12.3. The Morgan fingerprint density at radius 2 is 1.47 bits per heavy atom. The Morgan fingerprint density at radius 1 is 0.882 bits per heavy atom. The molecule has 0 aliphatic rings. The van der Waals surface area contributed by atoms with Crippen molar-refractivity contribution in [3.63, 3.8) is 0 Å². The molecule has 0 fully saturated rings. The minimum atomic E-state index is -1.38. The first kappa shape index (κ1) is 17.1. The Hall–Kier alpha value is 0.0569. The molecule has 0 aromatic carbocycles. The molecule has 0 saturated heterocycles. The number of likely N-dealkylation sites (N-methyl/N-ethyl adjacent to an activating group) is 1. The summed E-state index contributed by atoms with van der Waals surface area (Å²) < 4.78 is 5.89. The molecule has 0 aliphatic heterocycles. The summed E-state index contributed by atoms with van der Waals surface area (Å²) in [5.74, 6) is 0. The SMILES string of the molecule is CCCCN[SiH](NCCCC)OCCNCC. The van der Waals surface area contributed by atoms with Crippen LogP contribution in [0.5, 0.6) is 0 Å². The monoisotopic (exact) mass is 261 g/mol. The molecule has 3 N–H and O–H groups in total. The highest BCUT2D eigenvalue weighted by molar-refractivity contribution is 6.45. The van der Waals surface area contributed by atoms with Gasteiger partial charge in [0.25, 0.3) is 0 Å². The number of hydrogen-bond acceptors (Lipinski definition) is 4. The van der Waals surface area contributed by atoms with Crippen LogP contribution in [0.4, 0.5) is 0 Å². The van der Waals surface area contributed by atoms with Crippen molar-refractivity contribution in [3.8, 4) is 0 Å². The zero-order valence-electron chi connectivity index (χ0n) is 11.8. The van der Waals surface area contributed by atoms with E-state index in [2.05, 4.69) is 36.1 Å². The Bertz CT molecular complexity index is 140. The van der Waals surface area contributed by atoms with Crippen LogP contribution in [-0.2, 0) is 4.43 Å². The summed E-state index contributed by atoms with van der Waals surface area (Å²) in [6.45, 7) is 11.5. The zero-order chi connectivity index (χ0) is 12.8. The van der Waals surface area contributed by atoms with E-state index in [4.69, 9.17) is 4.43 Å². The highest BCUT2D eigenvalue weighted by atomic mass is 28.3. The van der Waals surface area contributed by atoms with Gasteiger partial charge in [-0.25, -0.2) is 0 Å². The van der Waals surface area contributed by atoms with Gasteiger partial charge in [0.05, 0.1) is 0 Å². The molecule has 0 atom stereocenters. The van der Waals surface area contributed by atoms with Gasteiger partial charge in [0.15, 0.2) is 0 Å². The average molecular weight is 261 g/mol. The third-order valence-electron chi connectivity index (χ3n) is 2.53. The van der Waals surface area contributed by atoms with Gasteiger partial charge in [-0.3, -0.25) is 0 Å². The predicted octanol–water partition coefficient (Wildman–Crippen LogP) is 1.11. The van der Waals surface area contributed by atoms with E-state index in [-0.39, 0.29) is 0 Å². The van der Waals surface area contributed by atoms with Crippen LogP contribution in [0.1, 0.15) is 46.5 Å². The molecule has 4 nitrogen and oxygen atoms in total. The van der Waals surface area contributed by atoms with Crippen LogP contribution < -0.4 is 15.3 Å². The molecular formula is C12H31N3OSi. The maximum atomic E-state index is 5.89. The summed E-state index contributed by atoms with van der Waals surface area (Å²) in [6.07, 6.45) is 4.94. The Balaban J connectivity index is 3.60. The Morgan fingerprint density at radius 3 is 1.94 bits per heavy atom. The lowest BCUT2D eigenvalue weighted by atomic mass is 10.3. The second kappa shape index (κ2) is 14.1. The zero-order valence-corrected chi connectivity index (χ0v) is 13.0. The normalized spacial score (nSPS) is 11.3. The molecule has 0 rings (SSSR count). The van der Waals surface area contributed by atoms with Crippen LogP contribution in [0.25, 0.3) is 0 Å². The van der Waals surface area contributed by atoms with Crippen LogP contribution in [0, 0.1) is 0 Å². The predicted molar refractivity (Wildman–Crippen MR) is 77.5 cm³/mol. The summed E-state index contributed by atoms with van der Waals surface area (Å²) in [5.41, 5.74) is 0. The second-order valence-corrected chi connectivity index (χ2v) is 6.13. The van der Waals surface area contributed by atoms with Crippen LogP contribution in [0.2, 0.25) is 0 Å². The van der Waals surface area contributed by atoms with Crippen molar-refractivity contribution in [1.82, 2.24) is 15.3 Å². The van der Waals surface area contributed by atoms with E-state index in [1.165, 1.54) is 25.7 Å². The van der Waals surface area contributed by atoms with E-state index in [9.17, 15) is 0 Å². The molecule has 0 aliphatic carbocycles. The van der Waals surface area contributed by atoms with Crippen molar-refractivity contribution in [2.75, 3.05) is 32.8 Å². The summed E-state index contributed by atoms with van der Waals surface area (Å²) >= 11 is 0. The van der Waals surface area contributed by atoms with Gasteiger partial charge in [-0.2, -0.15) is 0 Å². The molecule has 0 bridgehead atoms. The van der Waals surface area contributed by atoms with Gasteiger partial charge in [-0.15, -0.1) is 0 Å². The molecule has 0 spiro atoms. The minimum Gasteiger partial charge on any atom is -0.393 e. The van der Waals surface area contributed by atoms with Crippen molar-refractivity contribution in [1.29, 1.82) is 0 Å². The Labute approximate surface area is 109 Å². The van der Waals surface area contributed by atoms with Crippen LogP contribution in [0.3, 0.4) is 0 Å². The smallest absolute Gasteiger partial charge is 0.335 e. The number of unbranched alkanes of at least 4 members (excludes halogenated alkanes) is 2. The lowest BCUT2D eigenvalue weighted by Gasteiger charge is -2.18. The molecule has 0 unspecified atom stereocenters. The van der Waals surface area contributed by atoms with Crippen molar-refractivity contribution < 1.29 is 4.43 Å². The largest absolute Gasteiger partial charge is 0.393 e. The quantitative estimate of drug-likeness (QED) is 0.343. The van der Waals surface area contributed by atoms with Gasteiger partial charge in [0.2, 0.25) is 0 Å². The van der Waals surface area contributed by atoms with E-state index in [1.54, 1.807) is 0 Å². The summed E-state index contributed by atoms with van der Waals surface area (Å²) in [4.78, 5) is 7.07. The van der Waals surface area contributed by atoms with Gasteiger partial charge in [-0.1, -0.05) is 33.6 Å². The van der Waals surface area contributed by atoms with Crippen molar-refractivity contribution in [2.24, 2.45) is 0 Å². The van der Waals surface area contributed by atoms with Crippen molar-refractivity contribution in [3.05, 3.63) is 0 Å². The van der Waals surface area contributed by atoms with E-state index in [0.717, 1.165) is 32.8 Å². The third-order valence-corrected chi connectivity index (χ3v) is 4.42. The first-order valence-corrected chi connectivity index (χ1v) is 8.76. The molecule has 17 heavy (non-hydrogen) atoms. The molecule has 0 heterocycles. The highest BCUT2D eigenvalue weighted by Crippen LogP contribution is 1.87. The molecular weight excluding hydrogens is 230 g/mol. The van der Waals surface area contributed by atoms with Crippen LogP contribution in [-0.4, -0.2) is 42.1 Å². The fourth-order valence-corrected chi connectivity index (χ4v) is 3.10. The lowest BCUT2D eigenvalue weighted by molar-refractivity contribution is 0.299. The molecule has 0 aromatic heterocycles. The van der Waals surface area contributed by atoms with Crippen LogP contribution >= 0.6 is 0 Å². The summed E-state index contributed by atoms with van der Waals surface area (Å²) in [7, 11) is -1.38. The minimum absolute atomic E-state index is 0.809. The van der Waals surface area contributed by atoms with E-state index in [1.807, 2.05) is 0 Å². The Kier molecular flexibility index (Phi) is 14.2. The average Bonchev–Trinajstić information content (AvgIpc) is 2.34. The maximum absolute atomic E-state index is 5.89. The topological polar surface area (TPSA) is 45.3 Å². The summed E-state index contributed by atoms with van der Waals surface area (Å²) in [6, 6.07) is 0. The number of rotatable bonds is 13. The van der Waals surface area contributed by atoms with Gasteiger partial charge in [0.1, 0.15) is 0 Å². The first-order chi connectivity index (χ1) is 8.35. The van der Waals surface area contributed by atoms with Gasteiger partial charge in [-0.05, 0) is 32.5 Å². The fraction of sp³-hybridized carbons (Fsp3) is 1.00. The number of nitrogens with one attached hydrogen (secondary N) is 3. The van der Waals surface area contributed by atoms with Crippen molar-refractivity contribution in [2.45, 2.75) is 46.5 Å². The van der Waals surface area contributed by atoms with Gasteiger partial charge < -0.3 is 19.7 Å². The highest BCUT2D eigenvalue weighted by Gasteiger charge is 2.09. The molecule has 0 aromatic rings. The lowest BCUT2D eigenvalue weighted by Crippen LogP contribution is -2.51.